The molecule has 0 aromatic carbocycles. The summed E-state index contributed by atoms with van der Waals surface area (Å²) in [7, 11) is -0.0859. The van der Waals surface area contributed by atoms with E-state index in [1.165, 1.54) is 0 Å². The van der Waals surface area contributed by atoms with Gasteiger partial charge in [-0.15, -0.1) is 0 Å². The molecule has 0 N–H and O–H groups in total. The Labute approximate surface area is 143 Å². The van der Waals surface area contributed by atoms with E-state index in [2.05, 4.69) is 0 Å². The first-order valence-corrected chi connectivity index (χ1v) is 9.91. The van der Waals surface area contributed by atoms with E-state index >= 15 is 0 Å². The van der Waals surface area contributed by atoms with Gasteiger partial charge in [-0.1, -0.05) is 0 Å². The lowest BCUT2D eigenvalue weighted by Gasteiger charge is -2.46. The average molecular weight is 361 g/mol. The molecule has 3 heterocycles. The molecule has 1 atom stereocenters. The van der Waals surface area contributed by atoms with Crippen LogP contribution in [0.2, 0.25) is 0 Å². The molecule has 3 rings (SSSR count). The van der Waals surface area contributed by atoms with Crippen molar-refractivity contribution in [2.75, 3.05) is 53.6 Å². The molecule has 1 spiro atoms. The topological polar surface area (TPSA) is 79.4 Å². The Morgan fingerprint density at radius 2 is 2.00 bits per heavy atom. The van der Waals surface area contributed by atoms with Crippen molar-refractivity contribution in [3.63, 3.8) is 0 Å². The van der Waals surface area contributed by atoms with Crippen LogP contribution in [0.15, 0.2) is 0 Å². The number of carbonyl (C=O) groups is 1. The van der Waals surface area contributed by atoms with Crippen molar-refractivity contribution in [1.29, 1.82) is 0 Å². The minimum absolute atomic E-state index is 0.0184. The number of hydrogen-bond donors (Lipinski definition) is 0. The Hall–Kier alpha value is -0.740. The number of morpholine rings is 1. The first-order valence-electron chi connectivity index (χ1n) is 8.52. The zero-order chi connectivity index (χ0) is 17.4. The molecule has 8 nitrogen and oxygen atoms in total. The highest BCUT2D eigenvalue weighted by Gasteiger charge is 2.45. The van der Waals surface area contributed by atoms with Gasteiger partial charge in [0.15, 0.2) is 0 Å². The van der Waals surface area contributed by atoms with Crippen LogP contribution in [0.5, 0.6) is 0 Å². The Kier molecular flexibility index (Phi) is 5.17. The van der Waals surface area contributed by atoms with Gasteiger partial charge in [0.1, 0.15) is 6.61 Å². The van der Waals surface area contributed by atoms with Gasteiger partial charge >= 0.3 is 0 Å². The van der Waals surface area contributed by atoms with Gasteiger partial charge in [-0.05, 0) is 25.7 Å². The molecule has 0 aliphatic carbocycles. The normalized spacial score (nSPS) is 29.5. The predicted octanol–water partition coefficient (Wildman–Crippen LogP) is -0.335. The van der Waals surface area contributed by atoms with Crippen molar-refractivity contribution in [2.45, 2.75) is 37.3 Å². The third kappa shape index (κ3) is 3.32. The van der Waals surface area contributed by atoms with E-state index < -0.39 is 15.8 Å². The molecule has 0 saturated carbocycles. The van der Waals surface area contributed by atoms with Crippen molar-refractivity contribution in [1.82, 2.24) is 13.5 Å². The maximum absolute atomic E-state index is 13.0. The number of carbonyl (C=O) groups excluding carboxylic acids is 1. The van der Waals surface area contributed by atoms with Crippen LogP contribution in [0, 0.1) is 0 Å². The Balaban J connectivity index is 1.64. The van der Waals surface area contributed by atoms with Gasteiger partial charge in [-0.25, -0.2) is 0 Å². The Bertz CT molecular complexity index is 574. The van der Waals surface area contributed by atoms with Crippen LogP contribution in [0.4, 0.5) is 0 Å². The van der Waals surface area contributed by atoms with E-state index in [1.807, 2.05) is 0 Å². The van der Waals surface area contributed by atoms with Crippen LogP contribution in [0.1, 0.15) is 25.7 Å². The summed E-state index contributed by atoms with van der Waals surface area (Å²) in [5.74, 6) is -0.0184. The van der Waals surface area contributed by atoms with Gasteiger partial charge < -0.3 is 14.4 Å². The minimum atomic E-state index is -3.46. The summed E-state index contributed by atoms with van der Waals surface area (Å²) in [6, 6.07) is -0.0643. The van der Waals surface area contributed by atoms with E-state index in [1.54, 1.807) is 27.7 Å². The van der Waals surface area contributed by atoms with E-state index in [9.17, 15) is 13.2 Å². The van der Waals surface area contributed by atoms with Crippen LogP contribution in [-0.4, -0.2) is 93.0 Å². The lowest BCUT2D eigenvalue weighted by atomic mass is 9.90. The van der Waals surface area contributed by atoms with E-state index in [0.717, 1.165) is 12.8 Å². The molecule has 3 saturated heterocycles. The molecule has 0 aromatic heterocycles. The van der Waals surface area contributed by atoms with Crippen LogP contribution < -0.4 is 0 Å². The molecule has 1 unspecified atom stereocenters. The van der Waals surface area contributed by atoms with Gasteiger partial charge in [0, 0.05) is 46.4 Å². The first-order chi connectivity index (χ1) is 11.4. The van der Waals surface area contributed by atoms with Gasteiger partial charge in [-0.2, -0.15) is 17.0 Å². The number of rotatable bonds is 4. The summed E-state index contributed by atoms with van der Waals surface area (Å²) < 4.78 is 40.0. The van der Waals surface area contributed by atoms with Crippen LogP contribution in [0.3, 0.4) is 0 Å². The summed E-state index contributed by atoms with van der Waals surface area (Å²) in [6.45, 7) is 2.49. The largest absolute Gasteiger partial charge is 0.383 e. The smallest absolute Gasteiger partial charge is 0.282 e. The second kappa shape index (κ2) is 6.87. The minimum Gasteiger partial charge on any atom is -0.383 e. The fourth-order valence-electron chi connectivity index (χ4n) is 3.94. The summed E-state index contributed by atoms with van der Waals surface area (Å²) in [5, 5.41) is 0. The maximum atomic E-state index is 13.0. The first kappa shape index (κ1) is 18.1. The van der Waals surface area contributed by atoms with Gasteiger partial charge in [0.25, 0.3) is 10.2 Å². The van der Waals surface area contributed by atoms with Crippen LogP contribution in [-0.2, 0) is 24.5 Å². The maximum Gasteiger partial charge on any atom is 0.282 e. The molecular weight excluding hydrogens is 334 g/mol. The third-order valence-electron chi connectivity index (χ3n) is 5.39. The number of nitrogens with zero attached hydrogens (tertiary/aromatic N) is 3. The predicted molar refractivity (Wildman–Crippen MR) is 87.7 cm³/mol. The van der Waals surface area contributed by atoms with E-state index in [-0.39, 0.29) is 18.6 Å². The summed E-state index contributed by atoms with van der Waals surface area (Å²) in [6.07, 6.45) is 2.96. The molecule has 3 aliphatic heterocycles. The van der Waals surface area contributed by atoms with Crippen molar-refractivity contribution in [3.8, 4) is 0 Å². The fraction of sp³-hybridized carbons (Fsp3) is 0.933. The van der Waals surface area contributed by atoms with E-state index in [4.69, 9.17) is 9.47 Å². The molecule has 0 radical (unpaired) electrons. The zero-order valence-corrected chi connectivity index (χ0v) is 15.3. The number of piperidine rings is 1. The van der Waals surface area contributed by atoms with Gasteiger partial charge in [0.2, 0.25) is 5.91 Å². The van der Waals surface area contributed by atoms with Crippen LogP contribution in [0.25, 0.3) is 0 Å². The highest BCUT2D eigenvalue weighted by Crippen LogP contribution is 2.33. The SMILES string of the molecule is COCC1CCCN1S(=O)(=O)N1CCC2(CC1)CN(C)C(=O)CO2. The third-order valence-corrected chi connectivity index (χ3v) is 7.48. The molecule has 24 heavy (non-hydrogen) atoms. The Morgan fingerprint density at radius 3 is 2.62 bits per heavy atom. The van der Waals surface area contributed by atoms with Gasteiger partial charge in [0.05, 0.1) is 12.2 Å². The van der Waals surface area contributed by atoms with Crippen molar-refractivity contribution < 1.29 is 22.7 Å². The molecule has 0 bridgehead atoms. The molecule has 0 aromatic rings. The second-order valence-electron chi connectivity index (χ2n) is 6.99. The quantitative estimate of drug-likeness (QED) is 0.685. The van der Waals surface area contributed by atoms with Crippen LogP contribution >= 0.6 is 0 Å². The molecule has 9 heteroatoms. The molecule has 138 valence electrons. The zero-order valence-electron chi connectivity index (χ0n) is 14.4. The highest BCUT2D eigenvalue weighted by molar-refractivity contribution is 7.86. The monoisotopic (exact) mass is 361 g/mol. The number of hydrogen-bond acceptors (Lipinski definition) is 5. The molecule has 3 fully saturated rings. The fourth-order valence-corrected chi connectivity index (χ4v) is 5.78. The summed E-state index contributed by atoms with van der Waals surface area (Å²) in [5.41, 5.74) is -0.397. The van der Waals surface area contributed by atoms with Crippen molar-refractivity contribution in [2.24, 2.45) is 0 Å². The molecule has 3 aliphatic rings. The molecular formula is C15H27N3O5S. The lowest BCUT2D eigenvalue weighted by Crippen LogP contribution is -2.59. The van der Waals surface area contributed by atoms with Gasteiger partial charge in [-0.3, -0.25) is 4.79 Å². The number of methoxy groups -OCH3 is 1. The summed E-state index contributed by atoms with van der Waals surface area (Å²) in [4.78, 5) is 13.3. The second-order valence-corrected chi connectivity index (χ2v) is 8.87. The summed E-state index contributed by atoms with van der Waals surface area (Å²) >= 11 is 0. The standard InChI is InChI=1S/C15H27N3O5S/c1-16-12-15(23-11-14(16)19)5-8-17(9-6-15)24(20,21)18-7-3-4-13(18)10-22-2/h13H,3-12H2,1-2H3. The molecule has 1 amide bonds. The average Bonchev–Trinajstić information content (AvgIpc) is 3.01. The highest BCUT2D eigenvalue weighted by atomic mass is 32.2. The van der Waals surface area contributed by atoms with Crippen molar-refractivity contribution in [3.05, 3.63) is 0 Å². The number of ether oxygens (including phenoxy) is 2. The van der Waals surface area contributed by atoms with Crippen molar-refractivity contribution >= 4 is 16.1 Å². The Morgan fingerprint density at radius 1 is 1.29 bits per heavy atom. The number of likely N-dealkylation sites (N-methyl/N-ethyl adjacent to an activating group) is 1. The van der Waals surface area contributed by atoms with E-state index in [0.29, 0.717) is 45.6 Å². The number of amides is 1. The lowest BCUT2D eigenvalue weighted by molar-refractivity contribution is -0.167.